The molecule has 0 saturated heterocycles. The fourth-order valence-corrected chi connectivity index (χ4v) is 6.02. The Kier molecular flexibility index (Phi) is 9.99. The molecule has 0 bridgehead atoms. The molecule has 0 fully saturated rings. The third kappa shape index (κ3) is 7.17. The largest absolute Gasteiger partial charge is 0.467 e. The van der Waals surface area contributed by atoms with Crippen molar-refractivity contribution in [3.05, 3.63) is 107 Å². The minimum absolute atomic E-state index is 0.0622. The molecular weight excluding hydrogens is 610 g/mol. The molecule has 1 aliphatic heterocycles. The molecule has 0 aliphatic carbocycles. The first kappa shape index (κ1) is 32.3. The van der Waals surface area contributed by atoms with Gasteiger partial charge in [-0.25, -0.2) is 14.9 Å². The van der Waals surface area contributed by atoms with Gasteiger partial charge in [0.25, 0.3) is 0 Å². The molecule has 1 amide bonds. The third-order valence-corrected chi connectivity index (χ3v) is 8.54. The van der Waals surface area contributed by atoms with Crippen molar-refractivity contribution in [1.29, 1.82) is 0 Å². The quantitative estimate of drug-likeness (QED) is 0.151. The maximum Gasteiger partial charge on any atom is 0.329 e. The Morgan fingerprint density at radius 3 is 2.40 bits per heavy atom. The van der Waals surface area contributed by atoms with Gasteiger partial charge in [0.1, 0.15) is 24.9 Å². The summed E-state index contributed by atoms with van der Waals surface area (Å²) >= 11 is 0. The summed E-state index contributed by atoms with van der Waals surface area (Å²) in [7, 11) is 1.30. The molecule has 5 aromatic rings. The van der Waals surface area contributed by atoms with Gasteiger partial charge in [0.2, 0.25) is 5.91 Å². The lowest BCUT2D eigenvalue weighted by Gasteiger charge is -2.34. The first-order chi connectivity index (χ1) is 23.4. The van der Waals surface area contributed by atoms with Crippen LogP contribution in [0, 0.1) is 0 Å². The number of carbonyl (C=O) groups excluding carboxylic acids is 3. The summed E-state index contributed by atoms with van der Waals surface area (Å²) in [6.07, 6.45) is 2.40. The summed E-state index contributed by atoms with van der Waals surface area (Å²) in [6, 6.07) is 24.6. The summed E-state index contributed by atoms with van der Waals surface area (Å²) in [4.78, 5) is 45.6. The first-order valence-electron chi connectivity index (χ1n) is 16.0. The van der Waals surface area contributed by atoms with Crippen molar-refractivity contribution >= 4 is 17.8 Å². The van der Waals surface area contributed by atoms with Crippen LogP contribution in [0.15, 0.2) is 78.9 Å². The lowest BCUT2D eigenvalue weighted by atomic mass is 9.98. The molecule has 1 atom stereocenters. The molecule has 12 heteroatoms. The van der Waals surface area contributed by atoms with Crippen LogP contribution in [0.5, 0.6) is 0 Å². The van der Waals surface area contributed by atoms with Crippen molar-refractivity contribution in [3.8, 4) is 22.5 Å². The zero-order valence-electron chi connectivity index (χ0n) is 27.0. The van der Waals surface area contributed by atoms with Crippen LogP contribution in [-0.2, 0) is 56.4 Å². The SMILES string of the molecule is CCCCc1nc2c(n1Cc1ccc(-c3ccccc3-c3nnn[nH]3)cc1)CN(C(=O)CC(=O)OCc1ccccc1)C(C(=O)OC)C2. The van der Waals surface area contributed by atoms with Gasteiger partial charge in [0.05, 0.1) is 25.0 Å². The van der Waals surface area contributed by atoms with E-state index in [4.69, 9.17) is 14.5 Å². The zero-order valence-corrected chi connectivity index (χ0v) is 27.0. The van der Waals surface area contributed by atoms with Crippen molar-refractivity contribution in [1.82, 2.24) is 35.1 Å². The molecule has 12 nitrogen and oxygen atoms in total. The number of amides is 1. The highest BCUT2D eigenvalue weighted by Gasteiger charge is 2.39. The topological polar surface area (TPSA) is 145 Å². The molecule has 0 radical (unpaired) electrons. The second-order valence-corrected chi connectivity index (χ2v) is 11.7. The Bertz CT molecular complexity index is 1870. The van der Waals surface area contributed by atoms with Gasteiger partial charge in [-0.1, -0.05) is 92.2 Å². The maximum atomic E-state index is 13.6. The lowest BCUT2D eigenvalue weighted by Crippen LogP contribution is -2.50. The van der Waals surface area contributed by atoms with Gasteiger partial charge in [-0.3, -0.25) is 9.59 Å². The standard InChI is InChI=1S/C36H37N7O5/c1-3-4-14-32-37-29-19-30(36(46)47-2)43(33(44)20-34(45)48-23-25-10-6-5-7-11-25)22-31(29)42(32)21-24-15-17-26(18-16-24)27-12-8-9-13-28(27)35-38-40-41-39-35/h5-13,15-18,30H,3-4,14,19-23H2,1-2H3,(H,38,39,40,41). The van der Waals surface area contributed by atoms with Crippen LogP contribution in [0.3, 0.4) is 0 Å². The van der Waals surface area contributed by atoms with Crippen molar-refractivity contribution < 1.29 is 23.9 Å². The van der Waals surface area contributed by atoms with Gasteiger partial charge in [0, 0.05) is 24.9 Å². The smallest absolute Gasteiger partial charge is 0.329 e. The second kappa shape index (κ2) is 14.8. The molecular formula is C36H37N7O5. The Morgan fingerprint density at radius 2 is 1.69 bits per heavy atom. The Labute approximate surface area is 278 Å². The number of H-pyrrole nitrogens is 1. The number of ether oxygens (including phenoxy) is 2. The molecule has 0 saturated carbocycles. The normalized spacial score (nSPS) is 14.0. The van der Waals surface area contributed by atoms with E-state index < -0.39 is 30.3 Å². The molecule has 0 spiro atoms. The Hall–Kier alpha value is -5.65. The van der Waals surface area contributed by atoms with E-state index in [0.29, 0.717) is 12.4 Å². The Balaban J connectivity index is 1.24. The van der Waals surface area contributed by atoms with Gasteiger partial charge in [-0.05, 0) is 39.1 Å². The van der Waals surface area contributed by atoms with Crippen molar-refractivity contribution in [2.24, 2.45) is 0 Å². The van der Waals surface area contributed by atoms with Crippen LogP contribution in [0.2, 0.25) is 0 Å². The van der Waals surface area contributed by atoms with E-state index in [1.54, 1.807) is 0 Å². The number of aryl methyl sites for hydroxylation is 1. The summed E-state index contributed by atoms with van der Waals surface area (Å²) in [5.74, 6) is -0.213. The first-order valence-corrected chi connectivity index (χ1v) is 16.0. The molecule has 246 valence electrons. The second-order valence-electron chi connectivity index (χ2n) is 11.7. The highest BCUT2D eigenvalue weighted by Crippen LogP contribution is 2.31. The van der Waals surface area contributed by atoms with Gasteiger partial charge in [-0.15, -0.1) is 5.10 Å². The molecule has 3 aromatic carbocycles. The highest BCUT2D eigenvalue weighted by molar-refractivity contribution is 5.96. The predicted octanol–water partition coefficient (Wildman–Crippen LogP) is 4.68. The number of rotatable bonds is 12. The molecule has 6 rings (SSSR count). The number of nitrogens with zero attached hydrogens (tertiary/aromatic N) is 6. The van der Waals surface area contributed by atoms with E-state index in [2.05, 4.69) is 56.4 Å². The number of carbonyl (C=O) groups is 3. The van der Waals surface area contributed by atoms with E-state index >= 15 is 0 Å². The number of benzene rings is 3. The number of fused-ring (bicyclic) bond motifs is 1. The maximum absolute atomic E-state index is 13.6. The monoisotopic (exact) mass is 647 g/mol. The number of aromatic nitrogens is 6. The van der Waals surface area contributed by atoms with Crippen LogP contribution in [0.4, 0.5) is 0 Å². The van der Waals surface area contributed by atoms with E-state index in [9.17, 15) is 14.4 Å². The number of hydrogen-bond acceptors (Lipinski definition) is 9. The van der Waals surface area contributed by atoms with Crippen molar-refractivity contribution in [3.63, 3.8) is 0 Å². The summed E-state index contributed by atoms with van der Waals surface area (Å²) < 4.78 is 12.6. The zero-order chi connectivity index (χ0) is 33.5. The number of aromatic amines is 1. The number of esters is 2. The van der Waals surface area contributed by atoms with Crippen molar-refractivity contribution in [2.45, 2.75) is 64.8 Å². The summed E-state index contributed by atoms with van der Waals surface area (Å²) in [5.41, 5.74) is 6.39. The van der Waals surface area contributed by atoms with E-state index in [1.807, 2.05) is 54.6 Å². The minimum atomic E-state index is -0.891. The number of hydrogen-bond donors (Lipinski definition) is 1. The minimum Gasteiger partial charge on any atom is -0.467 e. The third-order valence-electron chi connectivity index (χ3n) is 8.54. The summed E-state index contributed by atoms with van der Waals surface area (Å²) in [5, 5.41) is 14.4. The molecule has 3 heterocycles. The van der Waals surface area contributed by atoms with Crippen LogP contribution in [0.25, 0.3) is 22.5 Å². The predicted molar refractivity (Wildman–Crippen MR) is 176 cm³/mol. The van der Waals surface area contributed by atoms with Crippen LogP contribution in [0.1, 0.15) is 54.5 Å². The fourth-order valence-electron chi connectivity index (χ4n) is 6.02. The van der Waals surface area contributed by atoms with Gasteiger partial charge >= 0.3 is 11.9 Å². The number of methoxy groups -OCH3 is 1. The van der Waals surface area contributed by atoms with Crippen LogP contribution < -0.4 is 0 Å². The van der Waals surface area contributed by atoms with Gasteiger partial charge in [-0.2, -0.15) is 0 Å². The van der Waals surface area contributed by atoms with Gasteiger partial charge in [0.15, 0.2) is 5.82 Å². The lowest BCUT2D eigenvalue weighted by molar-refractivity contribution is -0.158. The number of tetrazole rings is 1. The number of unbranched alkanes of at least 4 members (excludes halogenated alkanes) is 1. The molecule has 48 heavy (non-hydrogen) atoms. The Morgan fingerprint density at radius 1 is 0.938 bits per heavy atom. The fraction of sp³-hybridized carbons (Fsp3) is 0.306. The molecule has 1 unspecified atom stereocenters. The van der Waals surface area contributed by atoms with E-state index in [-0.39, 0.29) is 19.6 Å². The molecule has 1 aliphatic rings. The average molecular weight is 648 g/mol. The molecule has 2 aromatic heterocycles. The van der Waals surface area contributed by atoms with Crippen molar-refractivity contribution in [2.75, 3.05) is 7.11 Å². The van der Waals surface area contributed by atoms with E-state index in [1.165, 1.54) is 12.0 Å². The van der Waals surface area contributed by atoms with Crippen LogP contribution >= 0.6 is 0 Å². The highest BCUT2D eigenvalue weighted by atomic mass is 16.5. The number of nitrogens with one attached hydrogen (secondary N) is 1. The number of imidazole rings is 1. The summed E-state index contributed by atoms with van der Waals surface area (Å²) in [6.45, 7) is 2.84. The average Bonchev–Trinajstić information content (AvgIpc) is 3.78. The van der Waals surface area contributed by atoms with E-state index in [0.717, 1.165) is 64.3 Å². The van der Waals surface area contributed by atoms with Gasteiger partial charge < -0.3 is 18.9 Å². The molecule has 1 N–H and O–H groups in total. The van der Waals surface area contributed by atoms with Crippen LogP contribution in [-0.4, -0.2) is 66.1 Å².